The first-order valence-electron chi connectivity index (χ1n) is 6.76. The maximum Gasteiger partial charge on any atom is 0.126 e. The number of halogens is 2. The molecule has 0 aliphatic heterocycles. The van der Waals surface area contributed by atoms with Crippen molar-refractivity contribution in [3.8, 4) is 0 Å². The molecule has 20 heavy (non-hydrogen) atoms. The van der Waals surface area contributed by atoms with Gasteiger partial charge in [0.15, 0.2) is 0 Å². The zero-order valence-corrected chi connectivity index (χ0v) is 11.4. The van der Waals surface area contributed by atoms with Gasteiger partial charge in [0.2, 0.25) is 0 Å². The van der Waals surface area contributed by atoms with Crippen molar-refractivity contribution < 1.29 is 8.78 Å². The lowest BCUT2D eigenvalue weighted by Gasteiger charge is -2.18. The highest BCUT2D eigenvalue weighted by atomic mass is 19.1. The van der Waals surface area contributed by atoms with Crippen LogP contribution < -0.4 is 5.32 Å². The van der Waals surface area contributed by atoms with E-state index < -0.39 is 5.82 Å². The van der Waals surface area contributed by atoms with Gasteiger partial charge in [-0.1, -0.05) is 13.0 Å². The molecule has 0 bridgehead atoms. The monoisotopic (exact) mass is 276 g/mol. The molecule has 0 amide bonds. The highest BCUT2D eigenvalue weighted by Crippen LogP contribution is 2.13. The van der Waals surface area contributed by atoms with E-state index in [4.69, 9.17) is 0 Å². The molecule has 1 aromatic carbocycles. The van der Waals surface area contributed by atoms with Crippen molar-refractivity contribution in [2.45, 2.75) is 25.8 Å². The summed E-state index contributed by atoms with van der Waals surface area (Å²) < 4.78 is 26.9. The van der Waals surface area contributed by atoms with Crippen LogP contribution in [0.5, 0.6) is 0 Å². The summed E-state index contributed by atoms with van der Waals surface area (Å²) in [5.74, 6) is -0.773. The number of benzene rings is 1. The van der Waals surface area contributed by atoms with Crippen LogP contribution in [0, 0.1) is 11.6 Å². The highest BCUT2D eigenvalue weighted by Gasteiger charge is 2.13. The van der Waals surface area contributed by atoms with E-state index in [9.17, 15) is 8.78 Å². The van der Waals surface area contributed by atoms with Gasteiger partial charge in [0.25, 0.3) is 0 Å². The first kappa shape index (κ1) is 14.6. The average molecular weight is 276 g/mol. The van der Waals surface area contributed by atoms with Crippen LogP contribution in [0.3, 0.4) is 0 Å². The molecule has 0 radical (unpaired) electrons. The molecule has 1 atom stereocenters. The van der Waals surface area contributed by atoms with E-state index in [1.807, 2.05) is 25.1 Å². The molecule has 0 aliphatic rings. The normalized spacial score (nSPS) is 12.3. The maximum absolute atomic E-state index is 13.7. The number of hydrogen-bond acceptors (Lipinski definition) is 2. The Morgan fingerprint density at radius 1 is 1.15 bits per heavy atom. The van der Waals surface area contributed by atoms with Gasteiger partial charge in [0, 0.05) is 24.4 Å². The Labute approximate surface area is 117 Å². The Kier molecular flexibility index (Phi) is 5.18. The van der Waals surface area contributed by atoms with Crippen LogP contribution in [-0.2, 0) is 12.8 Å². The number of rotatable bonds is 6. The summed E-state index contributed by atoms with van der Waals surface area (Å²) >= 11 is 0. The van der Waals surface area contributed by atoms with Crippen molar-refractivity contribution in [1.82, 2.24) is 10.3 Å². The van der Waals surface area contributed by atoms with Crippen LogP contribution in [0.1, 0.15) is 18.2 Å². The topological polar surface area (TPSA) is 24.9 Å². The quantitative estimate of drug-likeness (QED) is 0.877. The zero-order chi connectivity index (χ0) is 14.4. The minimum absolute atomic E-state index is 0.0335. The van der Waals surface area contributed by atoms with Gasteiger partial charge >= 0.3 is 0 Å². The van der Waals surface area contributed by atoms with Crippen LogP contribution in [0.15, 0.2) is 42.6 Å². The molecule has 1 heterocycles. The number of hydrogen-bond donors (Lipinski definition) is 1. The number of likely N-dealkylation sites (N-methyl/N-ethyl adjacent to an activating group) is 1. The molecule has 2 nitrogen and oxygen atoms in total. The molecule has 1 N–H and O–H groups in total. The first-order chi connectivity index (χ1) is 9.69. The summed E-state index contributed by atoms with van der Waals surface area (Å²) in [7, 11) is 0. The molecule has 0 fully saturated rings. The van der Waals surface area contributed by atoms with Crippen molar-refractivity contribution in [3.63, 3.8) is 0 Å². The Hall–Kier alpha value is -1.81. The standard InChI is InChI=1S/C16H18F2N2/c1-2-19-15(11-14-5-3-4-8-20-14)10-12-9-13(17)6-7-16(12)18/h3-9,15,19H,2,10-11H2,1H3. The fourth-order valence-corrected chi connectivity index (χ4v) is 2.24. The fraction of sp³-hybridized carbons (Fsp3) is 0.312. The summed E-state index contributed by atoms with van der Waals surface area (Å²) in [6, 6.07) is 9.33. The summed E-state index contributed by atoms with van der Waals surface area (Å²) in [6.45, 7) is 2.77. The third-order valence-corrected chi connectivity index (χ3v) is 3.15. The van der Waals surface area contributed by atoms with Gasteiger partial charge in [-0.2, -0.15) is 0 Å². The first-order valence-corrected chi connectivity index (χ1v) is 6.76. The molecule has 2 rings (SSSR count). The van der Waals surface area contributed by atoms with E-state index in [2.05, 4.69) is 10.3 Å². The molecule has 0 aliphatic carbocycles. The highest BCUT2D eigenvalue weighted by molar-refractivity contribution is 5.20. The van der Waals surface area contributed by atoms with Crippen LogP contribution in [-0.4, -0.2) is 17.6 Å². The third kappa shape index (κ3) is 4.10. The Balaban J connectivity index is 2.11. The van der Waals surface area contributed by atoms with Gasteiger partial charge in [0.1, 0.15) is 11.6 Å². The number of pyridine rings is 1. The summed E-state index contributed by atoms with van der Waals surface area (Å²) in [6.07, 6.45) is 2.86. The van der Waals surface area contributed by atoms with Gasteiger partial charge in [-0.05, 0) is 48.9 Å². The van der Waals surface area contributed by atoms with Gasteiger partial charge in [-0.3, -0.25) is 4.98 Å². The minimum atomic E-state index is -0.408. The predicted molar refractivity (Wildman–Crippen MR) is 75.5 cm³/mol. The molecule has 0 saturated heterocycles. The lowest BCUT2D eigenvalue weighted by atomic mass is 10.0. The van der Waals surface area contributed by atoms with E-state index >= 15 is 0 Å². The second kappa shape index (κ2) is 7.10. The van der Waals surface area contributed by atoms with Crippen molar-refractivity contribution in [2.24, 2.45) is 0 Å². The molecule has 0 saturated carbocycles. The predicted octanol–water partition coefficient (Wildman–Crippen LogP) is 3.12. The van der Waals surface area contributed by atoms with Crippen LogP contribution in [0.25, 0.3) is 0 Å². The second-order valence-corrected chi connectivity index (χ2v) is 4.72. The Bertz CT molecular complexity index is 543. The van der Waals surface area contributed by atoms with E-state index in [0.29, 0.717) is 18.4 Å². The van der Waals surface area contributed by atoms with E-state index in [1.165, 1.54) is 12.1 Å². The molecular formula is C16H18F2N2. The van der Waals surface area contributed by atoms with Crippen molar-refractivity contribution in [2.75, 3.05) is 6.54 Å². The zero-order valence-electron chi connectivity index (χ0n) is 11.4. The molecular weight excluding hydrogens is 258 g/mol. The van der Waals surface area contributed by atoms with Gasteiger partial charge < -0.3 is 5.32 Å². The van der Waals surface area contributed by atoms with Crippen LogP contribution in [0.2, 0.25) is 0 Å². The molecule has 1 aromatic heterocycles. The van der Waals surface area contributed by atoms with Gasteiger partial charge in [-0.15, -0.1) is 0 Å². The Morgan fingerprint density at radius 3 is 2.70 bits per heavy atom. The van der Waals surface area contributed by atoms with Crippen LogP contribution in [0.4, 0.5) is 8.78 Å². The summed E-state index contributed by atoms with van der Waals surface area (Å²) in [5.41, 5.74) is 1.34. The van der Waals surface area contributed by atoms with Crippen molar-refractivity contribution >= 4 is 0 Å². The van der Waals surface area contributed by atoms with Crippen molar-refractivity contribution in [1.29, 1.82) is 0 Å². The maximum atomic E-state index is 13.7. The third-order valence-electron chi connectivity index (χ3n) is 3.15. The second-order valence-electron chi connectivity index (χ2n) is 4.72. The minimum Gasteiger partial charge on any atom is -0.314 e. The SMILES string of the molecule is CCNC(Cc1ccccn1)Cc1cc(F)ccc1F. The van der Waals surface area contributed by atoms with Crippen LogP contribution >= 0.6 is 0 Å². The van der Waals surface area contributed by atoms with Gasteiger partial charge in [-0.25, -0.2) is 8.78 Å². The number of aromatic nitrogens is 1. The molecule has 4 heteroatoms. The fourth-order valence-electron chi connectivity index (χ4n) is 2.24. The van der Waals surface area contributed by atoms with E-state index in [-0.39, 0.29) is 11.9 Å². The van der Waals surface area contributed by atoms with E-state index in [0.717, 1.165) is 18.3 Å². The Morgan fingerprint density at radius 2 is 2.00 bits per heavy atom. The number of nitrogens with zero attached hydrogens (tertiary/aromatic N) is 1. The number of nitrogens with one attached hydrogen (secondary N) is 1. The smallest absolute Gasteiger partial charge is 0.126 e. The summed E-state index contributed by atoms with van der Waals surface area (Å²) in [5, 5.41) is 3.30. The lowest BCUT2D eigenvalue weighted by Crippen LogP contribution is -2.33. The lowest BCUT2D eigenvalue weighted by molar-refractivity contribution is 0.498. The van der Waals surface area contributed by atoms with Crippen molar-refractivity contribution in [3.05, 3.63) is 65.5 Å². The largest absolute Gasteiger partial charge is 0.314 e. The molecule has 2 aromatic rings. The van der Waals surface area contributed by atoms with Gasteiger partial charge in [0.05, 0.1) is 0 Å². The van der Waals surface area contributed by atoms with E-state index in [1.54, 1.807) is 6.20 Å². The molecule has 1 unspecified atom stereocenters. The average Bonchev–Trinajstić information content (AvgIpc) is 2.44. The molecule has 106 valence electrons. The summed E-state index contributed by atoms with van der Waals surface area (Å²) in [4.78, 5) is 4.27. The molecule has 0 spiro atoms.